The number of nitrogens with two attached hydrogens (primary N) is 1. The highest BCUT2D eigenvalue weighted by molar-refractivity contribution is 5.85. The SMILES string of the molecule is Cl.NOCc1cccc(=O)[nH]1. The first-order valence-electron chi connectivity index (χ1n) is 2.83. The minimum absolute atomic E-state index is 0. The van der Waals surface area contributed by atoms with Crippen LogP contribution >= 0.6 is 12.4 Å². The summed E-state index contributed by atoms with van der Waals surface area (Å²) in [5.74, 6) is 4.79. The van der Waals surface area contributed by atoms with Gasteiger partial charge in [-0.1, -0.05) is 6.07 Å². The molecule has 0 spiro atoms. The van der Waals surface area contributed by atoms with Gasteiger partial charge in [0, 0.05) is 11.8 Å². The van der Waals surface area contributed by atoms with Crippen molar-refractivity contribution in [1.82, 2.24) is 4.98 Å². The van der Waals surface area contributed by atoms with Crippen molar-refractivity contribution in [2.24, 2.45) is 5.90 Å². The largest absolute Gasteiger partial charge is 0.324 e. The summed E-state index contributed by atoms with van der Waals surface area (Å²) in [6, 6.07) is 4.81. The van der Waals surface area contributed by atoms with Crippen LogP contribution in [-0.4, -0.2) is 4.98 Å². The van der Waals surface area contributed by atoms with Crippen LogP contribution in [0.5, 0.6) is 0 Å². The first kappa shape index (κ1) is 10.2. The summed E-state index contributed by atoms with van der Waals surface area (Å²) in [5, 5.41) is 0. The molecule has 3 N–H and O–H groups in total. The number of hydrogen-bond donors (Lipinski definition) is 2. The predicted octanol–water partition coefficient (Wildman–Crippen LogP) is 0.187. The summed E-state index contributed by atoms with van der Waals surface area (Å²) in [6.07, 6.45) is 0. The summed E-state index contributed by atoms with van der Waals surface area (Å²) < 4.78 is 0. The van der Waals surface area contributed by atoms with Crippen molar-refractivity contribution >= 4 is 12.4 Å². The topological polar surface area (TPSA) is 68.1 Å². The zero-order valence-electron chi connectivity index (χ0n) is 5.74. The highest BCUT2D eigenvalue weighted by Gasteiger charge is 1.89. The molecule has 1 rings (SSSR count). The first-order valence-corrected chi connectivity index (χ1v) is 2.83. The minimum Gasteiger partial charge on any atom is -0.324 e. The van der Waals surface area contributed by atoms with Crippen molar-refractivity contribution < 1.29 is 4.84 Å². The third-order valence-corrected chi connectivity index (χ3v) is 1.07. The number of aromatic nitrogens is 1. The fourth-order valence-corrected chi connectivity index (χ4v) is 0.667. The number of halogens is 1. The van der Waals surface area contributed by atoms with Gasteiger partial charge in [-0.3, -0.25) is 9.63 Å². The molecule has 1 heterocycles. The van der Waals surface area contributed by atoms with E-state index in [1.54, 1.807) is 12.1 Å². The summed E-state index contributed by atoms with van der Waals surface area (Å²) in [7, 11) is 0. The van der Waals surface area contributed by atoms with Crippen molar-refractivity contribution in [3.05, 3.63) is 34.2 Å². The second-order valence-electron chi connectivity index (χ2n) is 1.85. The lowest BCUT2D eigenvalue weighted by Gasteiger charge is -1.95. The monoisotopic (exact) mass is 176 g/mol. The van der Waals surface area contributed by atoms with E-state index < -0.39 is 0 Å². The zero-order chi connectivity index (χ0) is 7.40. The summed E-state index contributed by atoms with van der Waals surface area (Å²) >= 11 is 0. The van der Waals surface area contributed by atoms with Gasteiger partial charge in [0.2, 0.25) is 5.56 Å². The zero-order valence-corrected chi connectivity index (χ0v) is 6.56. The molecule has 62 valence electrons. The molecule has 0 saturated heterocycles. The maximum atomic E-state index is 10.6. The number of rotatable bonds is 2. The van der Waals surface area contributed by atoms with Gasteiger partial charge in [-0.15, -0.1) is 12.4 Å². The molecule has 0 radical (unpaired) electrons. The van der Waals surface area contributed by atoms with Crippen LogP contribution in [-0.2, 0) is 11.4 Å². The molecule has 0 aliphatic rings. The molecular weight excluding hydrogens is 168 g/mol. The first-order chi connectivity index (χ1) is 4.83. The third-order valence-electron chi connectivity index (χ3n) is 1.07. The second-order valence-corrected chi connectivity index (χ2v) is 1.85. The van der Waals surface area contributed by atoms with E-state index in [1.807, 2.05) is 0 Å². The van der Waals surface area contributed by atoms with Crippen molar-refractivity contribution in [1.29, 1.82) is 0 Å². The third kappa shape index (κ3) is 3.18. The molecule has 5 heteroatoms. The Morgan fingerprint density at radius 2 is 2.27 bits per heavy atom. The molecule has 0 unspecified atom stereocenters. The molecule has 11 heavy (non-hydrogen) atoms. The Balaban J connectivity index is 0.000001000. The fraction of sp³-hybridized carbons (Fsp3) is 0.167. The summed E-state index contributed by atoms with van der Waals surface area (Å²) in [5.41, 5.74) is 0.532. The average molecular weight is 177 g/mol. The molecule has 0 aromatic carbocycles. The Morgan fingerprint density at radius 3 is 2.82 bits per heavy atom. The highest BCUT2D eigenvalue weighted by atomic mass is 35.5. The Hall–Kier alpha value is -0.840. The van der Waals surface area contributed by atoms with Crippen LogP contribution in [0.4, 0.5) is 0 Å². The number of hydrogen-bond acceptors (Lipinski definition) is 3. The fourth-order valence-electron chi connectivity index (χ4n) is 0.667. The Labute approximate surface area is 69.7 Å². The van der Waals surface area contributed by atoms with Gasteiger partial charge in [0.15, 0.2) is 0 Å². The lowest BCUT2D eigenvalue weighted by Crippen LogP contribution is -2.08. The van der Waals surface area contributed by atoms with E-state index in [1.165, 1.54) is 6.07 Å². The Morgan fingerprint density at radius 1 is 1.55 bits per heavy atom. The van der Waals surface area contributed by atoms with Crippen LogP contribution in [0.2, 0.25) is 0 Å². The Bertz CT molecular complexity index is 261. The molecular formula is C6H9ClN2O2. The van der Waals surface area contributed by atoms with Crippen LogP contribution in [0.25, 0.3) is 0 Å². The number of nitrogens with one attached hydrogen (secondary N) is 1. The molecule has 0 aliphatic heterocycles. The summed E-state index contributed by atoms with van der Waals surface area (Å²) in [4.78, 5) is 17.5. The van der Waals surface area contributed by atoms with Crippen molar-refractivity contribution in [2.75, 3.05) is 0 Å². The van der Waals surface area contributed by atoms with Crippen molar-refractivity contribution in [3.63, 3.8) is 0 Å². The quantitative estimate of drug-likeness (QED) is 0.632. The standard InChI is InChI=1S/C6H8N2O2.ClH/c7-10-4-5-2-1-3-6(9)8-5;/h1-3H,4,7H2,(H,8,9);1H. The molecule has 0 saturated carbocycles. The van der Waals surface area contributed by atoms with Crippen LogP contribution in [0.3, 0.4) is 0 Å². The van der Waals surface area contributed by atoms with Crippen molar-refractivity contribution in [2.45, 2.75) is 6.61 Å². The molecule has 0 atom stereocenters. The van der Waals surface area contributed by atoms with E-state index in [0.29, 0.717) is 5.69 Å². The summed E-state index contributed by atoms with van der Waals surface area (Å²) in [6.45, 7) is 0.232. The lowest BCUT2D eigenvalue weighted by atomic mass is 10.4. The van der Waals surface area contributed by atoms with Crippen molar-refractivity contribution in [3.8, 4) is 0 Å². The van der Waals surface area contributed by atoms with Crippen LogP contribution in [0.1, 0.15) is 5.69 Å². The number of pyridine rings is 1. The molecule has 0 bridgehead atoms. The maximum absolute atomic E-state index is 10.6. The van der Waals surface area contributed by atoms with Gasteiger partial charge in [0.1, 0.15) is 6.61 Å². The van der Waals surface area contributed by atoms with Gasteiger partial charge in [-0.25, -0.2) is 5.90 Å². The number of aromatic amines is 1. The maximum Gasteiger partial charge on any atom is 0.248 e. The normalized spacial score (nSPS) is 8.82. The van der Waals surface area contributed by atoms with Gasteiger partial charge in [0.25, 0.3) is 0 Å². The number of H-pyrrole nitrogens is 1. The van der Waals surface area contributed by atoms with E-state index in [4.69, 9.17) is 5.90 Å². The van der Waals surface area contributed by atoms with E-state index in [-0.39, 0.29) is 24.6 Å². The molecule has 0 aliphatic carbocycles. The predicted molar refractivity (Wildman–Crippen MR) is 43.3 cm³/mol. The van der Waals surface area contributed by atoms with Gasteiger partial charge >= 0.3 is 0 Å². The van der Waals surface area contributed by atoms with Gasteiger partial charge in [-0.2, -0.15) is 0 Å². The average Bonchev–Trinajstić information content (AvgIpc) is 1.88. The molecule has 1 aromatic rings. The van der Waals surface area contributed by atoms with E-state index in [0.717, 1.165) is 0 Å². The highest BCUT2D eigenvalue weighted by Crippen LogP contribution is 1.89. The van der Waals surface area contributed by atoms with E-state index >= 15 is 0 Å². The minimum atomic E-state index is -0.144. The van der Waals surface area contributed by atoms with Crippen LogP contribution < -0.4 is 11.5 Å². The van der Waals surface area contributed by atoms with Gasteiger partial charge in [0.05, 0.1) is 0 Å². The second kappa shape index (κ2) is 4.90. The van der Waals surface area contributed by atoms with Gasteiger partial charge < -0.3 is 4.98 Å². The molecule has 0 fully saturated rings. The lowest BCUT2D eigenvalue weighted by molar-refractivity contribution is 0.121. The van der Waals surface area contributed by atoms with Crippen LogP contribution in [0.15, 0.2) is 23.0 Å². The van der Waals surface area contributed by atoms with E-state index in [9.17, 15) is 4.79 Å². The molecule has 1 aromatic heterocycles. The molecule has 4 nitrogen and oxygen atoms in total. The van der Waals surface area contributed by atoms with Crippen LogP contribution in [0, 0.1) is 0 Å². The Kier molecular flexibility index (Phi) is 4.52. The molecule has 0 amide bonds. The smallest absolute Gasteiger partial charge is 0.248 e. The van der Waals surface area contributed by atoms with Gasteiger partial charge in [-0.05, 0) is 6.07 Å². The van der Waals surface area contributed by atoms with E-state index in [2.05, 4.69) is 9.82 Å².